The fourth-order valence-corrected chi connectivity index (χ4v) is 2.90. The lowest BCUT2D eigenvalue weighted by Crippen LogP contribution is -2.54. The van der Waals surface area contributed by atoms with Crippen LogP contribution in [0.2, 0.25) is 0 Å². The van der Waals surface area contributed by atoms with E-state index in [1.54, 1.807) is 0 Å². The summed E-state index contributed by atoms with van der Waals surface area (Å²) in [4.78, 5) is 2.59. The molecule has 14 heavy (non-hydrogen) atoms. The van der Waals surface area contributed by atoms with E-state index in [0.717, 1.165) is 13.2 Å². The Hall–Kier alpha value is -0.120. The molecule has 2 rings (SSSR count). The van der Waals surface area contributed by atoms with Gasteiger partial charge < -0.3 is 10.5 Å². The second kappa shape index (κ2) is 3.80. The monoisotopic (exact) mass is 198 g/mol. The van der Waals surface area contributed by atoms with Crippen LogP contribution >= 0.6 is 0 Å². The molecule has 1 spiro atoms. The lowest BCUT2D eigenvalue weighted by Gasteiger charge is -2.39. The Kier molecular flexibility index (Phi) is 2.82. The van der Waals surface area contributed by atoms with Crippen molar-refractivity contribution >= 4 is 0 Å². The molecule has 2 saturated heterocycles. The summed E-state index contributed by atoms with van der Waals surface area (Å²) in [5.41, 5.74) is 6.32. The van der Waals surface area contributed by atoms with Crippen molar-refractivity contribution in [3.63, 3.8) is 0 Å². The van der Waals surface area contributed by atoms with Crippen molar-refractivity contribution in [2.24, 2.45) is 5.73 Å². The van der Waals surface area contributed by atoms with Crippen molar-refractivity contribution in [3.8, 4) is 0 Å². The molecule has 0 aromatic carbocycles. The summed E-state index contributed by atoms with van der Waals surface area (Å²) in [6.07, 6.45) is 3.80. The van der Waals surface area contributed by atoms with Crippen molar-refractivity contribution < 1.29 is 4.74 Å². The molecule has 0 saturated carbocycles. The van der Waals surface area contributed by atoms with Crippen LogP contribution in [-0.2, 0) is 4.74 Å². The van der Waals surface area contributed by atoms with Crippen LogP contribution in [0, 0.1) is 0 Å². The van der Waals surface area contributed by atoms with Crippen LogP contribution < -0.4 is 5.73 Å². The lowest BCUT2D eigenvalue weighted by molar-refractivity contribution is 0.0649. The van der Waals surface area contributed by atoms with Crippen LogP contribution in [0.5, 0.6) is 0 Å². The highest BCUT2D eigenvalue weighted by atomic mass is 16.5. The molecule has 3 unspecified atom stereocenters. The van der Waals surface area contributed by atoms with Gasteiger partial charge in [-0.05, 0) is 39.7 Å². The topological polar surface area (TPSA) is 38.5 Å². The normalized spacial score (nSPS) is 37.9. The molecule has 0 radical (unpaired) electrons. The van der Waals surface area contributed by atoms with E-state index in [0.29, 0.717) is 11.6 Å². The number of hydrogen-bond donors (Lipinski definition) is 1. The van der Waals surface area contributed by atoms with Gasteiger partial charge in [-0.2, -0.15) is 0 Å². The van der Waals surface area contributed by atoms with Gasteiger partial charge in [-0.15, -0.1) is 0 Å². The van der Waals surface area contributed by atoms with Crippen LogP contribution in [0.4, 0.5) is 0 Å². The highest BCUT2D eigenvalue weighted by Crippen LogP contribution is 2.38. The fourth-order valence-electron chi connectivity index (χ4n) is 2.90. The maximum atomic E-state index is 5.98. The van der Waals surface area contributed by atoms with E-state index in [1.807, 2.05) is 0 Å². The fraction of sp³-hybridized carbons (Fsp3) is 1.00. The van der Waals surface area contributed by atoms with E-state index in [9.17, 15) is 0 Å². The number of nitrogens with zero attached hydrogens (tertiary/aromatic N) is 1. The van der Waals surface area contributed by atoms with E-state index in [1.165, 1.54) is 25.8 Å². The molecule has 2 N–H and O–H groups in total. The number of likely N-dealkylation sites (tertiary alicyclic amines) is 1. The van der Waals surface area contributed by atoms with Crippen LogP contribution in [0.15, 0.2) is 0 Å². The van der Waals surface area contributed by atoms with Crippen molar-refractivity contribution in [3.05, 3.63) is 0 Å². The minimum Gasteiger partial charge on any atom is -0.379 e. The third-order valence-electron chi connectivity index (χ3n) is 3.99. The molecule has 2 aliphatic heterocycles. The highest BCUT2D eigenvalue weighted by Gasteiger charge is 2.46. The molecule has 0 aliphatic carbocycles. The molecule has 0 aromatic rings. The molecular weight excluding hydrogens is 176 g/mol. The Balaban J connectivity index is 2.10. The van der Waals surface area contributed by atoms with Crippen LogP contribution in [0.25, 0.3) is 0 Å². The minimum atomic E-state index is 0.255. The summed E-state index contributed by atoms with van der Waals surface area (Å²) in [5, 5.41) is 0. The third-order valence-corrected chi connectivity index (χ3v) is 3.99. The molecule has 0 amide bonds. The Bertz CT molecular complexity index is 194. The lowest BCUT2D eigenvalue weighted by atomic mass is 9.93. The maximum absolute atomic E-state index is 5.98. The van der Waals surface area contributed by atoms with Gasteiger partial charge in [-0.3, -0.25) is 4.90 Å². The Morgan fingerprint density at radius 1 is 1.36 bits per heavy atom. The van der Waals surface area contributed by atoms with Crippen molar-refractivity contribution in [1.29, 1.82) is 0 Å². The second-order valence-corrected chi connectivity index (χ2v) is 4.92. The standard InChI is InChI=1S/C11H22N2O/c1-9(12)10(2)13-6-3-4-11(13)5-7-14-8-11/h9-10H,3-8,12H2,1-2H3. The molecule has 82 valence electrons. The van der Waals surface area contributed by atoms with Gasteiger partial charge in [0, 0.05) is 24.2 Å². The van der Waals surface area contributed by atoms with E-state index in [2.05, 4.69) is 18.7 Å². The first kappa shape index (κ1) is 10.4. The zero-order valence-electron chi connectivity index (χ0n) is 9.33. The van der Waals surface area contributed by atoms with Gasteiger partial charge in [-0.1, -0.05) is 0 Å². The van der Waals surface area contributed by atoms with E-state index in [4.69, 9.17) is 10.5 Å². The Labute approximate surface area is 86.6 Å². The summed E-state index contributed by atoms with van der Waals surface area (Å²) in [6, 6.07) is 0.741. The van der Waals surface area contributed by atoms with Gasteiger partial charge in [0.05, 0.1) is 6.61 Å². The van der Waals surface area contributed by atoms with Gasteiger partial charge in [0.2, 0.25) is 0 Å². The molecule has 0 aromatic heterocycles. The summed E-state index contributed by atoms with van der Waals surface area (Å²) >= 11 is 0. The summed E-state index contributed by atoms with van der Waals surface area (Å²) < 4.78 is 5.56. The number of hydrogen-bond acceptors (Lipinski definition) is 3. The minimum absolute atomic E-state index is 0.255. The molecule has 0 bridgehead atoms. The first-order valence-corrected chi connectivity index (χ1v) is 5.76. The largest absolute Gasteiger partial charge is 0.379 e. The number of nitrogens with two attached hydrogens (primary N) is 1. The maximum Gasteiger partial charge on any atom is 0.0651 e. The predicted octanol–water partition coefficient (Wildman–Crippen LogP) is 0.977. The zero-order valence-corrected chi connectivity index (χ0v) is 9.33. The van der Waals surface area contributed by atoms with Gasteiger partial charge in [0.15, 0.2) is 0 Å². The smallest absolute Gasteiger partial charge is 0.0651 e. The van der Waals surface area contributed by atoms with E-state index in [-0.39, 0.29) is 6.04 Å². The molecule has 3 atom stereocenters. The quantitative estimate of drug-likeness (QED) is 0.719. The SMILES string of the molecule is CC(N)C(C)N1CCCC12CCOC2. The summed E-state index contributed by atoms with van der Waals surface area (Å²) in [5.74, 6) is 0. The molecule has 3 nitrogen and oxygen atoms in total. The number of rotatable bonds is 2. The van der Waals surface area contributed by atoms with Gasteiger partial charge in [-0.25, -0.2) is 0 Å². The van der Waals surface area contributed by atoms with Crippen LogP contribution in [0.1, 0.15) is 33.1 Å². The molecular formula is C11H22N2O. The number of ether oxygens (including phenoxy) is 1. The highest BCUT2D eigenvalue weighted by molar-refractivity contribution is 5.01. The molecule has 3 heteroatoms. The second-order valence-electron chi connectivity index (χ2n) is 4.92. The van der Waals surface area contributed by atoms with Gasteiger partial charge in [0.25, 0.3) is 0 Å². The molecule has 2 heterocycles. The van der Waals surface area contributed by atoms with Crippen molar-refractivity contribution in [2.75, 3.05) is 19.8 Å². The first-order chi connectivity index (χ1) is 6.66. The van der Waals surface area contributed by atoms with E-state index >= 15 is 0 Å². The average molecular weight is 198 g/mol. The first-order valence-electron chi connectivity index (χ1n) is 5.76. The summed E-state index contributed by atoms with van der Waals surface area (Å²) in [6.45, 7) is 7.40. The van der Waals surface area contributed by atoms with Crippen molar-refractivity contribution in [2.45, 2.75) is 50.7 Å². The Morgan fingerprint density at radius 3 is 2.71 bits per heavy atom. The van der Waals surface area contributed by atoms with E-state index < -0.39 is 0 Å². The van der Waals surface area contributed by atoms with Crippen LogP contribution in [-0.4, -0.2) is 42.3 Å². The van der Waals surface area contributed by atoms with Gasteiger partial charge >= 0.3 is 0 Å². The Morgan fingerprint density at radius 2 is 2.14 bits per heavy atom. The third kappa shape index (κ3) is 1.58. The average Bonchev–Trinajstić information content (AvgIpc) is 2.76. The predicted molar refractivity (Wildman–Crippen MR) is 57.2 cm³/mol. The van der Waals surface area contributed by atoms with Crippen molar-refractivity contribution in [1.82, 2.24) is 4.90 Å². The summed E-state index contributed by atoms with van der Waals surface area (Å²) in [7, 11) is 0. The van der Waals surface area contributed by atoms with Gasteiger partial charge in [0.1, 0.15) is 0 Å². The molecule has 2 aliphatic rings. The molecule has 2 fully saturated rings. The zero-order chi connectivity index (χ0) is 10.2. The van der Waals surface area contributed by atoms with Crippen LogP contribution in [0.3, 0.4) is 0 Å².